The van der Waals surface area contributed by atoms with Crippen LogP contribution in [-0.4, -0.2) is 15.0 Å². The SMILES string of the molecule is CCCCCCn1nnc(I)c1C(Cl)(Cl)Cl. The highest BCUT2D eigenvalue weighted by molar-refractivity contribution is 14.1. The maximum atomic E-state index is 5.88. The van der Waals surface area contributed by atoms with Crippen LogP contribution in [0.1, 0.15) is 38.3 Å². The molecule has 0 N–H and O–H groups in total. The fourth-order valence-corrected chi connectivity index (χ4v) is 3.22. The van der Waals surface area contributed by atoms with E-state index in [1.54, 1.807) is 4.68 Å². The number of hydrogen-bond donors (Lipinski definition) is 0. The van der Waals surface area contributed by atoms with Crippen molar-refractivity contribution < 1.29 is 0 Å². The van der Waals surface area contributed by atoms with Gasteiger partial charge in [-0.2, -0.15) is 0 Å². The predicted octanol–water partition coefficient (Wildman–Crippen LogP) is 4.29. The third-order valence-electron chi connectivity index (χ3n) is 2.19. The number of alkyl halides is 3. The van der Waals surface area contributed by atoms with Gasteiger partial charge < -0.3 is 0 Å². The molecule has 0 saturated carbocycles. The van der Waals surface area contributed by atoms with Crippen molar-refractivity contribution in [1.82, 2.24) is 15.0 Å². The zero-order chi connectivity index (χ0) is 12.2. The molecule has 0 fully saturated rings. The average molecular weight is 396 g/mol. The van der Waals surface area contributed by atoms with Crippen molar-refractivity contribution in [3.8, 4) is 0 Å². The van der Waals surface area contributed by atoms with E-state index in [-0.39, 0.29) is 0 Å². The Morgan fingerprint density at radius 2 is 1.94 bits per heavy atom. The lowest BCUT2D eigenvalue weighted by molar-refractivity contribution is 0.514. The van der Waals surface area contributed by atoms with Gasteiger partial charge in [-0.1, -0.05) is 66.2 Å². The van der Waals surface area contributed by atoms with Gasteiger partial charge in [-0.3, -0.25) is 0 Å². The third kappa shape index (κ3) is 4.20. The lowest BCUT2D eigenvalue weighted by atomic mass is 10.2. The Morgan fingerprint density at radius 3 is 2.50 bits per heavy atom. The van der Waals surface area contributed by atoms with E-state index in [0.717, 1.165) is 19.4 Å². The highest BCUT2D eigenvalue weighted by Gasteiger charge is 2.31. The molecule has 1 heterocycles. The normalized spacial score (nSPS) is 12.1. The number of halogens is 4. The number of unbranched alkanes of at least 4 members (excludes halogenated alkanes) is 3. The smallest absolute Gasteiger partial charge is 0.234 e. The van der Waals surface area contributed by atoms with Gasteiger partial charge in [0.15, 0.2) is 3.70 Å². The summed E-state index contributed by atoms with van der Waals surface area (Å²) < 4.78 is 0.878. The molecule has 1 rings (SSSR count). The van der Waals surface area contributed by atoms with Gasteiger partial charge in [0.25, 0.3) is 0 Å². The molecular formula is C9H13Cl3IN3. The zero-order valence-electron chi connectivity index (χ0n) is 8.89. The van der Waals surface area contributed by atoms with E-state index in [4.69, 9.17) is 34.8 Å². The summed E-state index contributed by atoms with van der Waals surface area (Å²) in [6.45, 7) is 2.92. The first-order chi connectivity index (χ1) is 7.46. The minimum absolute atomic E-state index is 0.564. The summed E-state index contributed by atoms with van der Waals surface area (Å²) in [7, 11) is 0. The maximum Gasteiger partial charge on any atom is 0.234 e. The second-order valence-electron chi connectivity index (χ2n) is 3.51. The van der Waals surface area contributed by atoms with Gasteiger partial charge in [-0.25, -0.2) is 4.68 Å². The van der Waals surface area contributed by atoms with Crippen molar-refractivity contribution in [2.45, 2.75) is 42.9 Å². The van der Waals surface area contributed by atoms with Crippen molar-refractivity contribution >= 4 is 57.4 Å². The molecule has 0 radical (unpaired) electrons. The quantitative estimate of drug-likeness (QED) is 0.422. The van der Waals surface area contributed by atoms with Gasteiger partial charge in [0, 0.05) is 6.54 Å². The van der Waals surface area contributed by atoms with Gasteiger partial charge >= 0.3 is 0 Å². The van der Waals surface area contributed by atoms with E-state index in [0.29, 0.717) is 9.39 Å². The van der Waals surface area contributed by atoms with Crippen molar-refractivity contribution in [2.75, 3.05) is 0 Å². The molecule has 92 valence electrons. The van der Waals surface area contributed by atoms with E-state index in [9.17, 15) is 0 Å². The number of hydrogen-bond acceptors (Lipinski definition) is 2. The van der Waals surface area contributed by atoms with Gasteiger partial charge in [-0.15, -0.1) is 5.10 Å². The molecule has 16 heavy (non-hydrogen) atoms. The third-order valence-corrected chi connectivity index (χ3v) is 3.45. The van der Waals surface area contributed by atoms with Gasteiger partial charge in [0.1, 0.15) is 5.69 Å². The predicted molar refractivity (Wildman–Crippen MR) is 76.1 cm³/mol. The van der Waals surface area contributed by atoms with Crippen LogP contribution in [0.5, 0.6) is 0 Å². The van der Waals surface area contributed by atoms with Crippen LogP contribution in [0.4, 0.5) is 0 Å². The summed E-state index contributed by atoms with van der Waals surface area (Å²) in [6.07, 6.45) is 4.61. The number of nitrogens with zero attached hydrogens (tertiary/aromatic N) is 3. The lowest BCUT2D eigenvalue weighted by Crippen LogP contribution is -2.13. The van der Waals surface area contributed by atoms with Crippen LogP contribution in [0.2, 0.25) is 0 Å². The standard InChI is InChI=1S/C9H13Cl3IN3/c1-2-3-4-5-6-16-7(9(10,11)12)8(13)14-15-16/h2-6H2,1H3. The molecule has 0 atom stereocenters. The highest BCUT2D eigenvalue weighted by Crippen LogP contribution is 2.39. The molecule has 0 aromatic carbocycles. The van der Waals surface area contributed by atoms with Crippen LogP contribution in [0.3, 0.4) is 0 Å². The van der Waals surface area contributed by atoms with Crippen LogP contribution < -0.4 is 0 Å². The van der Waals surface area contributed by atoms with Crippen molar-refractivity contribution in [2.24, 2.45) is 0 Å². The Balaban J connectivity index is 2.66. The average Bonchev–Trinajstić information content (AvgIpc) is 2.54. The summed E-state index contributed by atoms with van der Waals surface area (Å²) in [5, 5.41) is 7.91. The summed E-state index contributed by atoms with van der Waals surface area (Å²) >= 11 is 19.7. The summed E-state index contributed by atoms with van der Waals surface area (Å²) in [5.74, 6) is 0. The largest absolute Gasteiger partial charge is 0.244 e. The minimum atomic E-state index is -1.45. The van der Waals surface area contributed by atoms with Gasteiger partial charge in [0.05, 0.1) is 0 Å². The molecule has 0 unspecified atom stereocenters. The van der Waals surface area contributed by atoms with Crippen LogP contribution in [-0.2, 0) is 10.3 Å². The van der Waals surface area contributed by atoms with E-state index in [1.807, 2.05) is 22.6 Å². The molecule has 0 spiro atoms. The molecule has 0 aliphatic carbocycles. The molecule has 0 bridgehead atoms. The first-order valence-corrected chi connectivity index (χ1v) is 7.34. The molecule has 3 nitrogen and oxygen atoms in total. The molecule has 0 aliphatic rings. The maximum absolute atomic E-state index is 5.88. The molecule has 0 aliphatic heterocycles. The lowest BCUT2D eigenvalue weighted by Gasteiger charge is -2.13. The van der Waals surface area contributed by atoms with E-state index in [2.05, 4.69) is 17.2 Å². The first kappa shape index (κ1) is 14.8. The molecule has 1 aromatic heterocycles. The monoisotopic (exact) mass is 395 g/mol. The minimum Gasteiger partial charge on any atom is -0.244 e. The topological polar surface area (TPSA) is 30.7 Å². The number of rotatable bonds is 5. The van der Waals surface area contributed by atoms with Crippen molar-refractivity contribution in [3.63, 3.8) is 0 Å². The van der Waals surface area contributed by atoms with Crippen LogP contribution in [0, 0.1) is 3.70 Å². The Kier molecular flexibility index (Phi) is 6.12. The van der Waals surface area contributed by atoms with E-state index in [1.165, 1.54) is 12.8 Å². The molecule has 0 saturated heterocycles. The summed E-state index contributed by atoms with van der Waals surface area (Å²) in [6, 6.07) is 0. The van der Waals surface area contributed by atoms with Crippen LogP contribution >= 0.6 is 57.4 Å². The zero-order valence-corrected chi connectivity index (χ0v) is 13.3. The molecule has 7 heteroatoms. The fraction of sp³-hybridized carbons (Fsp3) is 0.778. The second kappa shape index (κ2) is 6.61. The Morgan fingerprint density at radius 1 is 1.25 bits per heavy atom. The van der Waals surface area contributed by atoms with Crippen LogP contribution in [0.25, 0.3) is 0 Å². The van der Waals surface area contributed by atoms with Gasteiger partial charge in [-0.05, 0) is 29.0 Å². The van der Waals surface area contributed by atoms with E-state index < -0.39 is 3.79 Å². The molecular weight excluding hydrogens is 383 g/mol. The summed E-state index contributed by atoms with van der Waals surface area (Å²) in [5.41, 5.74) is 0.564. The second-order valence-corrected chi connectivity index (χ2v) is 6.81. The fourth-order valence-electron chi connectivity index (χ4n) is 1.40. The Bertz CT molecular complexity index is 335. The first-order valence-electron chi connectivity index (χ1n) is 5.13. The Labute approximate surface area is 124 Å². The van der Waals surface area contributed by atoms with Crippen molar-refractivity contribution in [1.29, 1.82) is 0 Å². The molecule has 1 aromatic rings. The van der Waals surface area contributed by atoms with Gasteiger partial charge in [0.2, 0.25) is 3.79 Å². The highest BCUT2D eigenvalue weighted by atomic mass is 127. The molecule has 0 amide bonds. The number of aryl methyl sites for hydroxylation is 1. The summed E-state index contributed by atoms with van der Waals surface area (Å²) in [4.78, 5) is 0. The van der Waals surface area contributed by atoms with Crippen molar-refractivity contribution in [3.05, 3.63) is 9.39 Å². The van der Waals surface area contributed by atoms with Crippen LogP contribution in [0.15, 0.2) is 0 Å². The number of aromatic nitrogens is 3. The van der Waals surface area contributed by atoms with E-state index >= 15 is 0 Å². The Hall–Kier alpha value is 0.740.